The van der Waals surface area contributed by atoms with Crippen LogP contribution in [0.4, 0.5) is 5.00 Å². The van der Waals surface area contributed by atoms with Crippen LogP contribution in [0.15, 0.2) is 58.5 Å². The van der Waals surface area contributed by atoms with E-state index in [1.807, 2.05) is 42.5 Å². The van der Waals surface area contributed by atoms with E-state index >= 15 is 0 Å². The van der Waals surface area contributed by atoms with Gasteiger partial charge < -0.3 is 20.2 Å². The summed E-state index contributed by atoms with van der Waals surface area (Å²) in [6, 6.07) is 12.6. The molecule has 0 saturated carbocycles. The van der Waals surface area contributed by atoms with Crippen LogP contribution in [-0.4, -0.2) is 29.4 Å². The second kappa shape index (κ2) is 9.55. The number of fused-ring (bicyclic) bond motifs is 2. The smallest absolute Gasteiger partial charge is 0.339 e. The van der Waals surface area contributed by atoms with Crippen LogP contribution >= 0.6 is 11.3 Å². The minimum atomic E-state index is -0.646. The number of allylic oxidation sites excluding steroid dienone is 1. The monoisotopic (exact) mass is 487 g/mol. The number of nitrogens with zero attached hydrogens (tertiary/aromatic N) is 1. The fraction of sp³-hybridized carbons (Fsp3) is 0.154. The Kier molecular flexibility index (Phi) is 6.15. The summed E-state index contributed by atoms with van der Waals surface area (Å²) in [7, 11) is 0. The number of benzene rings is 1. The first kappa shape index (κ1) is 22.5. The van der Waals surface area contributed by atoms with Gasteiger partial charge in [0.1, 0.15) is 10.8 Å². The molecular weight excluding hydrogens is 466 g/mol. The number of hydrogen-bond donors (Lipinski definition) is 2. The highest BCUT2D eigenvalue weighted by Gasteiger charge is 2.26. The van der Waals surface area contributed by atoms with Crippen molar-refractivity contribution in [3.8, 4) is 0 Å². The third-order valence-electron chi connectivity index (χ3n) is 5.75. The second-order valence-corrected chi connectivity index (χ2v) is 8.94. The Hall–Kier alpha value is -4.24. The number of aromatic nitrogens is 1. The summed E-state index contributed by atoms with van der Waals surface area (Å²) in [5.41, 5.74) is 9.13. The highest BCUT2D eigenvalue weighted by Crippen LogP contribution is 2.36. The molecule has 3 N–H and O–H groups in total. The van der Waals surface area contributed by atoms with Crippen molar-refractivity contribution >= 4 is 56.7 Å². The number of nitrogens with one attached hydrogen (secondary N) is 1. The van der Waals surface area contributed by atoms with E-state index in [9.17, 15) is 14.4 Å². The first-order valence-corrected chi connectivity index (χ1v) is 11.9. The van der Waals surface area contributed by atoms with Crippen LogP contribution in [0.3, 0.4) is 0 Å². The average Bonchev–Trinajstić information content (AvgIpc) is 3.53. The Morgan fingerprint density at radius 2 is 2.00 bits per heavy atom. The maximum atomic E-state index is 13.3. The zero-order valence-corrected chi connectivity index (χ0v) is 19.4. The Balaban J connectivity index is 1.44. The minimum Gasteiger partial charge on any atom is -0.465 e. The fourth-order valence-electron chi connectivity index (χ4n) is 4.22. The summed E-state index contributed by atoms with van der Waals surface area (Å²) < 4.78 is 10.9. The predicted molar refractivity (Wildman–Crippen MR) is 133 cm³/mol. The first-order valence-electron chi connectivity index (χ1n) is 11.0. The zero-order chi connectivity index (χ0) is 24.4. The summed E-state index contributed by atoms with van der Waals surface area (Å²) in [5, 5.41) is 5.21. The van der Waals surface area contributed by atoms with Crippen LogP contribution in [0.1, 0.15) is 50.6 Å². The molecule has 0 saturated heterocycles. The van der Waals surface area contributed by atoms with Crippen molar-refractivity contribution in [2.24, 2.45) is 5.73 Å². The molecule has 2 amide bonds. The number of hydrogen-bond acceptors (Lipinski definition) is 7. The standard InChI is InChI=1S/C26H21N3O5S/c27-24(31)19-10-12-35-25(19)29-21(30)14-34-26(32)22-17-7-1-2-9-20(17)28-23-15(5-3-8-18(22)23)13-16-6-4-11-33-16/h1-2,4,6-7,9-13H,3,5,8,14H2,(H2,27,31)(H,29,30)/b15-13+. The highest BCUT2D eigenvalue weighted by molar-refractivity contribution is 7.14. The molecule has 0 spiro atoms. The Labute approximate surface area is 204 Å². The quantitative estimate of drug-likeness (QED) is 0.381. The van der Waals surface area contributed by atoms with Gasteiger partial charge in [-0.2, -0.15) is 0 Å². The van der Waals surface area contributed by atoms with Crippen molar-refractivity contribution in [1.29, 1.82) is 0 Å². The van der Waals surface area contributed by atoms with Gasteiger partial charge in [0, 0.05) is 5.39 Å². The van der Waals surface area contributed by atoms with Gasteiger partial charge in [-0.15, -0.1) is 11.3 Å². The van der Waals surface area contributed by atoms with Crippen molar-refractivity contribution in [1.82, 2.24) is 4.98 Å². The van der Waals surface area contributed by atoms with Gasteiger partial charge in [0.25, 0.3) is 11.8 Å². The summed E-state index contributed by atoms with van der Waals surface area (Å²) in [5.74, 6) is -1.09. The summed E-state index contributed by atoms with van der Waals surface area (Å²) in [4.78, 5) is 42.1. The molecule has 0 bridgehead atoms. The Morgan fingerprint density at radius 3 is 2.80 bits per heavy atom. The number of thiophene rings is 1. The molecule has 0 fully saturated rings. The van der Waals surface area contributed by atoms with Gasteiger partial charge in [0.2, 0.25) is 0 Å². The van der Waals surface area contributed by atoms with Gasteiger partial charge in [-0.3, -0.25) is 9.59 Å². The largest absolute Gasteiger partial charge is 0.465 e. The number of ether oxygens (including phenoxy) is 1. The van der Waals surface area contributed by atoms with Crippen LogP contribution in [-0.2, 0) is 16.0 Å². The lowest BCUT2D eigenvalue weighted by Gasteiger charge is -2.22. The molecule has 5 rings (SSSR count). The van der Waals surface area contributed by atoms with Crippen LogP contribution in [0.5, 0.6) is 0 Å². The number of para-hydroxylation sites is 1. The number of carbonyl (C=O) groups excluding carboxylic acids is 3. The molecular formula is C26H21N3O5S. The molecule has 0 radical (unpaired) electrons. The number of nitrogens with two attached hydrogens (primary N) is 1. The Bertz CT molecular complexity index is 1470. The summed E-state index contributed by atoms with van der Waals surface area (Å²) >= 11 is 1.16. The van der Waals surface area contributed by atoms with Crippen molar-refractivity contribution in [3.05, 3.63) is 82.3 Å². The lowest BCUT2D eigenvalue weighted by atomic mass is 9.86. The van der Waals surface area contributed by atoms with Crippen LogP contribution < -0.4 is 11.1 Å². The third-order valence-corrected chi connectivity index (χ3v) is 6.58. The lowest BCUT2D eigenvalue weighted by Crippen LogP contribution is -2.23. The van der Waals surface area contributed by atoms with Crippen LogP contribution in [0, 0.1) is 0 Å². The molecule has 1 aliphatic carbocycles. The third kappa shape index (κ3) is 4.58. The molecule has 1 aromatic carbocycles. The number of anilines is 1. The van der Waals surface area contributed by atoms with Gasteiger partial charge in [-0.05, 0) is 66.1 Å². The lowest BCUT2D eigenvalue weighted by molar-refractivity contribution is -0.119. The number of primary amides is 1. The highest BCUT2D eigenvalue weighted by atomic mass is 32.1. The van der Waals surface area contributed by atoms with Gasteiger partial charge in [-0.1, -0.05) is 18.2 Å². The van der Waals surface area contributed by atoms with Crippen LogP contribution in [0.25, 0.3) is 22.6 Å². The topological polar surface area (TPSA) is 125 Å². The molecule has 0 atom stereocenters. The zero-order valence-electron chi connectivity index (χ0n) is 18.6. The average molecular weight is 488 g/mol. The van der Waals surface area contributed by atoms with E-state index in [2.05, 4.69) is 5.32 Å². The maximum Gasteiger partial charge on any atom is 0.339 e. The number of amides is 2. The van der Waals surface area contributed by atoms with E-state index in [1.54, 1.807) is 11.6 Å². The van der Waals surface area contributed by atoms with Gasteiger partial charge in [0.15, 0.2) is 6.61 Å². The SMILES string of the molecule is NC(=O)c1ccsc1NC(=O)COC(=O)c1c2c(nc3ccccc13)/C(=C/c1ccco1)CCC2. The molecule has 8 nitrogen and oxygen atoms in total. The summed E-state index contributed by atoms with van der Waals surface area (Å²) in [6.07, 6.45) is 5.87. The fourth-order valence-corrected chi connectivity index (χ4v) is 5.03. The van der Waals surface area contributed by atoms with E-state index < -0.39 is 24.4 Å². The van der Waals surface area contributed by atoms with E-state index in [4.69, 9.17) is 19.9 Å². The van der Waals surface area contributed by atoms with Crippen molar-refractivity contribution in [2.45, 2.75) is 19.3 Å². The van der Waals surface area contributed by atoms with Crippen LogP contribution in [0.2, 0.25) is 0 Å². The molecule has 176 valence electrons. The molecule has 4 aromatic rings. The van der Waals surface area contributed by atoms with Crippen molar-refractivity contribution in [2.75, 3.05) is 11.9 Å². The normalized spacial score (nSPS) is 14.0. The van der Waals surface area contributed by atoms with Crippen molar-refractivity contribution in [3.63, 3.8) is 0 Å². The Morgan fingerprint density at radius 1 is 1.14 bits per heavy atom. The predicted octanol–water partition coefficient (Wildman–Crippen LogP) is 4.66. The molecule has 3 aromatic heterocycles. The first-order chi connectivity index (χ1) is 17.0. The number of pyridine rings is 1. The van der Waals surface area contributed by atoms with E-state index in [0.717, 1.165) is 41.0 Å². The number of carbonyl (C=O) groups is 3. The van der Waals surface area contributed by atoms with E-state index in [0.29, 0.717) is 33.6 Å². The molecule has 1 aliphatic rings. The molecule has 3 heterocycles. The molecule has 9 heteroatoms. The number of esters is 1. The maximum absolute atomic E-state index is 13.3. The molecule has 0 aliphatic heterocycles. The molecule has 35 heavy (non-hydrogen) atoms. The van der Waals surface area contributed by atoms with Gasteiger partial charge in [-0.25, -0.2) is 9.78 Å². The van der Waals surface area contributed by atoms with Gasteiger partial charge >= 0.3 is 5.97 Å². The number of furan rings is 1. The van der Waals surface area contributed by atoms with Crippen molar-refractivity contribution < 1.29 is 23.5 Å². The van der Waals surface area contributed by atoms with E-state index in [1.165, 1.54) is 6.07 Å². The van der Waals surface area contributed by atoms with E-state index in [-0.39, 0.29) is 5.56 Å². The number of rotatable bonds is 6. The summed E-state index contributed by atoms with van der Waals surface area (Å²) in [6.45, 7) is -0.505. The molecule has 0 unspecified atom stereocenters. The minimum absolute atomic E-state index is 0.208. The second-order valence-electron chi connectivity index (χ2n) is 8.02. The van der Waals surface area contributed by atoms with Gasteiger partial charge in [0.05, 0.1) is 28.6 Å².